The average molecular weight is 581 g/mol. The van der Waals surface area contributed by atoms with Gasteiger partial charge in [-0.05, 0) is 75.9 Å². The van der Waals surface area contributed by atoms with E-state index < -0.39 is 0 Å². The summed E-state index contributed by atoms with van der Waals surface area (Å²) in [4.78, 5) is 29.7. The van der Waals surface area contributed by atoms with Crippen LogP contribution in [0.5, 0.6) is 5.88 Å². The van der Waals surface area contributed by atoms with E-state index in [1.54, 1.807) is 18.2 Å². The minimum atomic E-state index is -0.255. The lowest BCUT2D eigenvalue weighted by Crippen LogP contribution is -2.40. The van der Waals surface area contributed by atoms with Gasteiger partial charge in [0.1, 0.15) is 23.3 Å². The van der Waals surface area contributed by atoms with E-state index >= 15 is 0 Å². The Morgan fingerprint density at radius 3 is 2.59 bits per heavy atom. The van der Waals surface area contributed by atoms with E-state index in [0.717, 1.165) is 30.5 Å². The molecule has 0 spiro atoms. The number of nitrogen functional groups attached to an aromatic ring is 1. The van der Waals surface area contributed by atoms with Gasteiger partial charge in [-0.2, -0.15) is 0 Å². The highest BCUT2D eigenvalue weighted by atomic mass is 32.2. The maximum atomic E-state index is 13.4. The topological polar surface area (TPSA) is 125 Å². The maximum absolute atomic E-state index is 13.4. The highest BCUT2D eigenvalue weighted by Gasteiger charge is 2.39. The number of hydrogen-bond acceptors (Lipinski definition) is 10. The zero-order chi connectivity index (χ0) is 29.4. The molecule has 0 aromatic carbocycles. The molecule has 1 aliphatic rings. The van der Waals surface area contributed by atoms with Crippen molar-refractivity contribution in [2.24, 2.45) is 5.92 Å². The van der Waals surface area contributed by atoms with Gasteiger partial charge in [0.2, 0.25) is 5.88 Å². The lowest BCUT2D eigenvalue weighted by molar-refractivity contribution is 0.0399. The molecule has 1 atom stereocenters. The van der Waals surface area contributed by atoms with Crippen molar-refractivity contribution in [2.45, 2.75) is 51.6 Å². The second-order valence-corrected chi connectivity index (χ2v) is 11.6. The van der Waals surface area contributed by atoms with Gasteiger partial charge in [0.05, 0.1) is 36.8 Å². The SMILES string of the molecule is CCOCCOCCOc1cc(C)cc(-c2ccc(C(=O)NSc3cccc(N)n3)c(N3C[C@@H](C)CC3(C)C)n2)n1. The summed E-state index contributed by atoms with van der Waals surface area (Å²) in [7, 11) is 0. The zero-order valence-electron chi connectivity index (χ0n) is 24.5. The van der Waals surface area contributed by atoms with Crippen LogP contribution in [0.1, 0.15) is 50.0 Å². The van der Waals surface area contributed by atoms with Crippen LogP contribution in [-0.2, 0) is 9.47 Å². The molecule has 4 heterocycles. The lowest BCUT2D eigenvalue weighted by atomic mass is 9.97. The van der Waals surface area contributed by atoms with E-state index in [2.05, 4.69) is 35.4 Å². The summed E-state index contributed by atoms with van der Waals surface area (Å²) in [5.74, 6) is 1.73. The predicted octanol–water partition coefficient (Wildman–Crippen LogP) is 4.92. The monoisotopic (exact) mass is 580 g/mol. The van der Waals surface area contributed by atoms with Crippen molar-refractivity contribution in [1.29, 1.82) is 0 Å². The fourth-order valence-electron chi connectivity index (χ4n) is 4.98. The molecular weight excluding hydrogens is 540 g/mol. The summed E-state index contributed by atoms with van der Waals surface area (Å²) in [5.41, 5.74) is 8.45. The average Bonchev–Trinajstić information content (AvgIpc) is 3.22. The van der Waals surface area contributed by atoms with Crippen LogP contribution in [0.2, 0.25) is 0 Å². The van der Waals surface area contributed by atoms with Gasteiger partial charge in [0.25, 0.3) is 5.91 Å². The van der Waals surface area contributed by atoms with E-state index in [-0.39, 0.29) is 11.4 Å². The second-order valence-electron chi connectivity index (χ2n) is 10.8. The van der Waals surface area contributed by atoms with Crippen molar-refractivity contribution >= 4 is 29.5 Å². The molecule has 10 nitrogen and oxygen atoms in total. The van der Waals surface area contributed by atoms with E-state index in [4.69, 9.17) is 29.9 Å². The molecule has 0 unspecified atom stereocenters. The Labute approximate surface area is 246 Å². The first-order valence-electron chi connectivity index (χ1n) is 13.9. The Morgan fingerprint density at radius 2 is 1.85 bits per heavy atom. The van der Waals surface area contributed by atoms with Crippen LogP contribution in [0.3, 0.4) is 0 Å². The first-order valence-corrected chi connectivity index (χ1v) is 14.7. The van der Waals surface area contributed by atoms with Crippen molar-refractivity contribution in [2.75, 3.05) is 50.2 Å². The summed E-state index contributed by atoms with van der Waals surface area (Å²) in [5, 5.41) is 0.607. The van der Waals surface area contributed by atoms with Gasteiger partial charge in [0.15, 0.2) is 0 Å². The molecule has 1 fully saturated rings. The molecule has 1 saturated heterocycles. The van der Waals surface area contributed by atoms with Crippen LogP contribution in [-0.4, -0.2) is 66.0 Å². The molecule has 3 aromatic rings. The highest BCUT2D eigenvalue weighted by Crippen LogP contribution is 2.38. The number of carbonyl (C=O) groups excluding carboxylic acids is 1. The first-order chi connectivity index (χ1) is 19.7. The third-order valence-corrected chi connectivity index (χ3v) is 7.43. The number of nitrogens with two attached hydrogens (primary N) is 1. The van der Waals surface area contributed by atoms with Gasteiger partial charge in [-0.1, -0.05) is 13.0 Å². The maximum Gasteiger partial charge on any atom is 0.265 e. The fraction of sp³-hybridized carbons (Fsp3) is 0.467. The number of anilines is 2. The molecule has 0 bridgehead atoms. The Kier molecular flexibility index (Phi) is 10.4. The quantitative estimate of drug-likeness (QED) is 0.213. The minimum Gasteiger partial charge on any atom is -0.475 e. The van der Waals surface area contributed by atoms with Crippen LogP contribution in [0.4, 0.5) is 11.6 Å². The number of hydrogen-bond donors (Lipinski definition) is 2. The smallest absolute Gasteiger partial charge is 0.265 e. The molecule has 41 heavy (non-hydrogen) atoms. The van der Waals surface area contributed by atoms with Crippen LogP contribution < -0.4 is 20.1 Å². The fourth-order valence-corrected chi connectivity index (χ4v) is 5.59. The van der Waals surface area contributed by atoms with Crippen molar-refractivity contribution in [3.63, 3.8) is 0 Å². The molecule has 11 heteroatoms. The Morgan fingerprint density at radius 1 is 1.07 bits per heavy atom. The van der Waals surface area contributed by atoms with Crippen LogP contribution in [0.15, 0.2) is 47.5 Å². The number of amides is 1. The molecule has 220 valence electrons. The van der Waals surface area contributed by atoms with Crippen LogP contribution >= 0.6 is 11.9 Å². The van der Waals surface area contributed by atoms with Gasteiger partial charge in [0, 0.05) is 36.7 Å². The lowest BCUT2D eigenvalue weighted by Gasteiger charge is -2.34. The zero-order valence-corrected chi connectivity index (χ0v) is 25.3. The number of rotatable bonds is 13. The van der Waals surface area contributed by atoms with Crippen molar-refractivity contribution < 1.29 is 19.0 Å². The van der Waals surface area contributed by atoms with Crippen molar-refractivity contribution in [3.8, 4) is 17.3 Å². The number of nitrogens with one attached hydrogen (secondary N) is 1. The summed E-state index contributed by atoms with van der Waals surface area (Å²) in [6, 6.07) is 12.8. The molecular formula is C30H40N6O4S. The van der Waals surface area contributed by atoms with Gasteiger partial charge in [-0.15, -0.1) is 0 Å². The van der Waals surface area contributed by atoms with Crippen molar-refractivity contribution in [3.05, 3.63) is 53.6 Å². The number of nitrogens with zero attached hydrogens (tertiary/aromatic N) is 4. The highest BCUT2D eigenvalue weighted by molar-refractivity contribution is 7.97. The van der Waals surface area contributed by atoms with E-state index in [1.165, 1.54) is 0 Å². The number of aromatic nitrogens is 3. The predicted molar refractivity (Wildman–Crippen MR) is 162 cm³/mol. The Bertz CT molecular complexity index is 1340. The standard InChI is InChI=1S/C30H40N6O4S/c1-6-38-12-13-39-14-15-40-26-17-20(2)16-24(32-26)23-11-10-22(28(33-23)36-19-21(3)18-30(36,4)5)29(37)35-41-27-9-7-8-25(31)34-27/h7-11,16-17,21H,6,12-15,18-19H2,1-5H3,(H2,31,34)(H,35,37)/t21-/m0/s1. The molecule has 1 aliphatic heterocycles. The number of carbonyl (C=O) groups is 1. The first kappa shape index (κ1) is 30.5. The largest absolute Gasteiger partial charge is 0.475 e. The molecule has 4 rings (SSSR count). The summed E-state index contributed by atoms with van der Waals surface area (Å²) in [6.45, 7) is 13.9. The second kappa shape index (κ2) is 14.0. The minimum absolute atomic E-state index is 0.168. The van der Waals surface area contributed by atoms with Crippen molar-refractivity contribution in [1.82, 2.24) is 19.7 Å². The van der Waals surface area contributed by atoms with Gasteiger partial charge >= 0.3 is 0 Å². The number of pyridine rings is 3. The number of aryl methyl sites for hydroxylation is 1. The third kappa shape index (κ3) is 8.31. The van der Waals surface area contributed by atoms with E-state index in [0.29, 0.717) is 78.4 Å². The Hall–Kier alpha value is -3.41. The molecule has 0 radical (unpaired) electrons. The number of ether oxygens (including phenoxy) is 3. The molecule has 1 amide bonds. The van der Waals surface area contributed by atoms with Gasteiger partial charge in [-0.3, -0.25) is 9.52 Å². The van der Waals surface area contributed by atoms with E-state index in [1.807, 2.05) is 38.1 Å². The van der Waals surface area contributed by atoms with Gasteiger partial charge in [-0.25, -0.2) is 15.0 Å². The molecule has 3 aromatic heterocycles. The summed E-state index contributed by atoms with van der Waals surface area (Å²) >= 11 is 1.13. The van der Waals surface area contributed by atoms with Crippen LogP contribution in [0.25, 0.3) is 11.4 Å². The summed E-state index contributed by atoms with van der Waals surface area (Å²) < 4.78 is 19.6. The summed E-state index contributed by atoms with van der Waals surface area (Å²) in [6.07, 6.45) is 0.995. The van der Waals surface area contributed by atoms with Crippen LogP contribution in [0, 0.1) is 12.8 Å². The Balaban J connectivity index is 1.57. The third-order valence-electron chi connectivity index (χ3n) is 6.70. The molecule has 0 aliphatic carbocycles. The van der Waals surface area contributed by atoms with Gasteiger partial charge < -0.3 is 24.8 Å². The normalized spacial score (nSPS) is 16.1. The van der Waals surface area contributed by atoms with E-state index in [9.17, 15) is 4.79 Å². The molecule has 0 saturated carbocycles. The molecule has 3 N–H and O–H groups in total.